The predicted molar refractivity (Wildman–Crippen MR) is 82.1 cm³/mol. The number of alkyl halides is 1. The fourth-order valence-electron chi connectivity index (χ4n) is 2.48. The van der Waals surface area contributed by atoms with Gasteiger partial charge in [0.1, 0.15) is 6.61 Å². The first-order chi connectivity index (χ1) is 11.0. The molecule has 0 unspecified atom stereocenters. The first-order valence-corrected chi connectivity index (χ1v) is 9.70. The third-order valence-corrected chi connectivity index (χ3v) is 5.33. The molecule has 0 aliphatic heterocycles. The van der Waals surface area contributed by atoms with Gasteiger partial charge in [0.05, 0.1) is 11.8 Å². The Hall–Kier alpha value is -1.42. The largest absolute Gasteiger partial charge is 0.448 e. The Balaban J connectivity index is 1.94. The van der Waals surface area contributed by atoms with E-state index in [2.05, 4.69) is 20.8 Å². The van der Waals surface area contributed by atoms with Gasteiger partial charge in [-0.1, -0.05) is 24.4 Å². The normalized spacial score (nSPS) is 16.2. The van der Waals surface area contributed by atoms with E-state index >= 15 is 0 Å². The lowest BCUT2D eigenvalue weighted by atomic mass is 9.96. The Bertz CT molecular complexity index is 615. The molecule has 1 aliphatic rings. The van der Waals surface area contributed by atoms with Crippen LogP contribution < -0.4 is 5.32 Å². The van der Waals surface area contributed by atoms with Crippen molar-refractivity contribution in [2.75, 3.05) is 24.8 Å². The molecule has 1 saturated carbocycles. The van der Waals surface area contributed by atoms with Crippen LogP contribution in [0.15, 0.2) is 5.16 Å². The predicted octanol–water partition coefficient (Wildman–Crippen LogP) is 0.917. The first kappa shape index (κ1) is 17.9. The summed E-state index contributed by atoms with van der Waals surface area (Å²) >= 11 is 5.42. The molecule has 0 atom stereocenters. The minimum Gasteiger partial charge on any atom is -0.448 e. The Kier molecular flexibility index (Phi) is 6.58. The van der Waals surface area contributed by atoms with Gasteiger partial charge in [-0.15, -0.1) is 11.6 Å². The molecule has 1 N–H and O–H groups in total. The number of ether oxygens (including phenoxy) is 1. The van der Waals surface area contributed by atoms with E-state index in [1.54, 1.807) is 0 Å². The number of sulfone groups is 1. The fraction of sp³-hybridized carbons (Fsp3) is 0.833. The van der Waals surface area contributed by atoms with E-state index < -0.39 is 15.9 Å². The van der Waals surface area contributed by atoms with Gasteiger partial charge in [0.2, 0.25) is 9.84 Å². The number of rotatable bonds is 7. The highest BCUT2D eigenvalue weighted by Crippen LogP contribution is 2.28. The van der Waals surface area contributed by atoms with Gasteiger partial charge in [-0.3, -0.25) is 0 Å². The van der Waals surface area contributed by atoms with Gasteiger partial charge >= 0.3 is 6.09 Å². The van der Waals surface area contributed by atoms with E-state index in [4.69, 9.17) is 16.3 Å². The van der Waals surface area contributed by atoms with E-state index in [-0.39, 0.29) is 36.0 Å². The molecule has 1 fully saturated rings. The van der Waals surface area contributed by atoms with Crippen LogP contribution in [-0.4, -0.2) is 59.5 Å². The summed E-state index contributed by atoms with van der Waals surface area (Å²) in [5, 5.41) is 13.2. The molecule has 1 amide bonds. The summed E-state index contributed by atoms with van der Waals surface area (Å²) in [7, 11) is -3.72. The van der Waals surface area contributed by atoms with Crippen molar-refractivity contribution in [3.8, 4) is 0 Å². The van der Waals surface area contributed by atoms with Crippen molar-refractivity contribution in [1.29, 1.82) is 0 Å². The van der Waals surface area contributed by atoms with Crippen LogP contribution in [0.5, 0.6) is 0 Å². The molecule has 0 spiro atoms. The maximum absolute atomic E-state index is 12.4. The van der Waals surface area contributed by atoms with Crippen LogP contribution in [0.1, 0.15) is 38.1 Å². The highest BCUT2D eigenvalue weighted by molar-refractivity contribution is 7.91. The van der Waals surface area contributed by atoms with Gasteiger partial charge < -0.3 is 10.1 Å². The SMILES string of the molecule is O=C(NCCCl)OCCS(=O)(=O)c1nnnn1C1CCCCC1. The molecule has 11 heteroatoms. The fourth-order valence-corrected chi connectivity index (χ4v) is 3.69. The maximum atomic E-state index is 12.4. The summed E-state index contributed by atoms with van der Waals surface area (Å²) in [4.78, 5) is 11.3. The monoisotopic (exact) mass is 365 g/mol. The van der Waals surface area contributed by atoms with Gasteiger partial charge in [-0.25, -0.2) is 17.9 Å². The number of hydrogen-bond acceptors (Lipinski definition) is 7. The average Bonchev–Trinajstić information content (AvgIpc) is 3.04. The lowest BCUT2D eigenvalue weighted by molar-refractivity contribution is 0.153. The minimum absolute atomic E-state index is 0.0106. The number of carbonyl (C=O) groups is 1. The van der Waals surface area contributed by atoms with Crippen molar-refractivity contribution in [3.05, 3.63) is 0 Å². The summed E-state index contributed by atoms with van der Waals surface area (Å²) in [6.45, 7) is -0.0129. The Morgan fingerprint density at radius 3 is 2.78 bits per heavy atom. The average molecular weight is 366 g/mol. The quantitative estimate of drug-likeness (QED) is 0.714. The molecule has 23 heavy (non-hydrogen) atoms. The molecule has 1 aliphatic carbocycles. The zero-order valence-corrected chi connectivity index (χ0v) is 14.2. The lowest BCUT2D eigenvalue weighted by Gasteiger charge is -2.22. The molecule has 9 nitrogen and oxygen atoms in total. The number of halogens is 1. The smallest absolute Gasteiger partial charge is 0.407 e. The van der Waals surface area contributed by atoms with Gasteiger partial charge in [0.15, 0.2) is 0 Å². The number of tetrazole rings is 1. The van der Waals surface area contributed by atoms with Crippen LogP contribution in [0.3, 0.4) is 0 Å². The van der Waals surface area contributed by atoms with Crippen molar-refractivity contribution < 1.29 is 17.9 Å². The van der Waals surface area contributed by atoms with Crippen molar-refractivity contribution in [3.63, 3.8) is 0 Å². The van der Waals surface area contributed by atoms with Gasteiger partial charge in [0.25, 0.3) is 5.16 Å². The number of nitrogens with one attached hydrogen (secondary N) is 1. The first-order valence-electron chi connectivity index (χ1n) is 7.52. The number of alkyl carbamates (subject to hydrolysis) is 1. The second-order valence-corrected chi connectivity index (χ2v) is 7.65. The van der Waals surface area contributed by atoms with Gasteiger partial charge in [-0.2, -0.15) is 0 Å². The van der Waals surface area contributed by atoms with Gasteiger partial charge in [-0.05, 0) is 23.3 Å². The molecule has 2 rings (SSSR count). The molecule has 0 aromatic carbocycles. The summed E-state index contributed by atoms with van der Waals surface area (Å²) < 4.78 is 30.9. The van der Waals surface area contributed by atoms with E-state index in [0.717, 1.165) is 32.1 Å². The van der Waals surface area contributed by atoms with E-state index in [0.29, 0.717) is 0 Å². The zero-order valence-electron chi connectivity index (χ0n) is 12.6. The van der Waals surface area contributed by atoms with Crippen LogP contribution >= 0.6 is 11.6 Å². The van der Waals surface area contributed by atoms with Crippen molar-refractivity contribution in [2.45, 2.75) is 43.3 Å². The van der Waals surface area contributed by atoms with Crippen LogP contribution in [0.2, 0.25) is 0 Å². The second kappa shape index (κ2) is 8.44. The molecular weight excluding hydrogens is 346 g/mol. The van der Waals surface area contributed by atoms with Crippen LogP contribution in [-0.2, 0) is 14.6 Å². The Labute approximate surface area is 139 Å². The molecule has 0 radical (unpaired) electrons. The Morgan fingerprint density at radius 2 is 2.09 bits per heavy atom. The van der Waals surface area contributed by atoms with Crippen molar-refractivity contribution in [2.24, 2.45) is 0 Å². The second-order valence-electron chi connectivity index (χ2n) is 5.27. The maximum Gasteiger partial charge on any atom is 0.407 e. The molecule has 0 bridgehead atoms. The van der Waals surface area contributed by atoms with Gasteiger partial charge in [0, 0.05) is 12.4 Å². The van der Waals surface area contributed by atoms with Crippen LogP contribution in [0, 0.1) is 0 Å². The Morgan fingerprint density at radius 1 is 1.35 bits per heavy atom. The number of nitrogens with zero attached hydrogens (tertiary/aromatic N) is 4. The standard InChI is InChI=1S/C12H20ClN5O4S/c13-6-7-14-12(19)22-8-9-23(20,21)11-15-16-17-18(11)10-4-2-1-3-5-10/h10H,1-9H2,(H,14,19). The van der Waals surface area contributed by atoms with E-state index in [1.807, 2.05) is 0 Å². The molecule has 130 valence electrons. The van der Waals surface area contributed by atoms with E-state index in [1.165, 1.54) is 4.68 Å². The molecular formula is C12H20ClN5O4S. The third kappa shape index (κ3) is 5.03. The number of carbonyl (C=O) groups excluding carboxylic acids is 1. The number of amides is 1. The molecule has 0 saturated heterocycles. The summed E-state index contributed by atoms with van der Waals surface area (Å²) in [5.41, 5.74) is 0. The topological polar surface area (TPSA) is 116 Å². The summed E-state index contributed by atoms with van der Waals surface area (Å²) in [6.07, 6.45) is 4.25. The third-order valence-electron chi connectivity index (χ3n) is 3.61. The van der Waals surface area contributed by atoms with E-state index in [9.17, 15) is 13.2 Å². The number of aromatic nitrogens is 4. The van der Waals surface area contributed by atoms with Crippen molar-refractivity contribution in [1.82, 2.24) is 25.5 Å². The lowest BCUT2D eigenvalue weighted by Crippen LogP contribution is -2.28. The molecule has 1 aromatic heterocycles. The highest BCUT2D eigenvalue weighted by Gasteiger charge is 2.28. The van der Waals surface area contributed by atoms with Crippen molar-refractivity contribution >= 4 is 27.5 Å². The van der Waals surface area contributed by atoms with Crippen LogP contribution in [0.25, 0.3) is 0 Å². The molecule has 1 aromatic rings. The number of hydrogen-bond donors (Lipinski definition) is 1. The summed E-state index contributed by atoms with van der Waals surface area (Å²) in [6, 6.07) is 0.0106. The molecule has 1 heterocycles. The summed E-state index contributed by atoms with van der Waals surface area (Å²) in [5.74, 6) is -0.113. The minimum atomic E-state index is -3.72. The highest BCUT2D eigenvalue weighted by atomic mass is 35.5. The zero-order chi connectivity index (χ0) is 16.7. The van der Waals surface area contributed by atoms with Crippen LogP contribution in [0.4, 0.5) is 4.79 Å².